The normalized spacial score (nSPS) is 16.7. The predicted octanol–water partition coefficient (Wildman–Crippen LogP) is 4.81. The Morgan fingerprint density at radius 1 is 1.00 bits per heavy atom. The van der Waals surface area contributed by atoms with Crippen LogP contribution in [0.15, 0.2) is 0 Å². The number of unbranched alkanes of at least 4 members (excludes halogenated alkanes) is 1. The zero-order chi connectivity index (χ0) is 14.4. The lowest BCUT2D eigenvalue weighted by atomic mass is 9.87. The Balaban J connectivity index is 4.16. The van der Waals surface area contributed by atoms with Crippen molar-refractivity contribution in [3.05, 3.63) is 0 Å². The molecule has 0 aromatic rings. The van der Waals surface area contributed by atoms with Crippen LogP contribution in [-0.2, 0) is 9.47 Å². The second-order valence-electron chi connectivity index (χ2n) is 6.98. The molecule has 0 aliphatic rings. The zero-order valence-electron chi connectivity index (χ0n) is 13.8. The monoisotopic (exact) mass is 258 g/mol. The number of hydrogen-bond donors (Lipinski definition) is 0. The average Bonchev–Trinajstić information content (AvgIpc) is 2.14. The van der Waals surface area contributed by atoms with Gasteiger partial charge in [0.15, 0.2) is 0 Å². The maximum Gasteiger partial charge on any atom is 0.0652 e. The molecule has 0 fully saturated rings. The van der Waals surface area contributed by atoms with Crippen LogP contribution >= 0.6 is 0 Å². The van der Waals surface area contributed by atoms with E-state index in [2.05, 4.69) is 55.4 Å². The van der Waals surface area contributed by atoms with Crippen LogP contribution in [0.5, 0.6) is 0 Å². The Morgan fingerprint density at radius 2 is 1.56 bits per heavy atom. The maximum absolute atomic E-state index is 6.01. The van der Waals surface area contributed by atoms with E-state index >= 15 is 0 Å². The lowest BCUT2D eigenvalue weighted by Gasteiger charge is -2.35. The Labute approximate surface area is 114 Å². The molecule has 0 spiro atoms. The predicted molar refractivity (Wildman–Crippen MR) is 79.0 cm³/mol. The third kappa shape index (κ3) is 8.10. The van der Waals surface area contributed by atoms with E-state index in [1.165, 1.54) is 6.42 Å². The minimum atomic E-state index is -0.0648. The molecule has 2 heteroatoms. The third-order valence-electron chi connectivity index (χ3n) is 3.40. The molecule has 110 valence electrons. The van der Waals surface area contributed by atoms with Crippen LogP contribution in [0.1, 0.15) is 74.7 Å². The van der Waals surface area contributed by atoms with Gasteiger partial charge < -0.3 is 9.47 Å². The van der Waals surface area contributed by atoms with Gasteiger partial charge in [0.05, 0.1) is 17.3 Å². The van der Waals surface area contributed by atoms with Gasteiger partial charge in [0.1, 0.15) is 0 Å². The highest BCUT2D eigenvalue weighted by molar-refractivity contribution is 4.79. The maximum atomic E-state index is 6.01. The molecule has 0 saturated carbocycles. The summed E-state index contributed by atoms with van der Waals surface area (Å²) in [6, 6.07) is 0. The molecule has 0 aliphatic carbocycles. The summed E-state index contributed by atoms with van der Waals surface area (Å²) in [5.41, 5.74) is -0.128. The number of ether oxygens (including phenoxy) is 2. The van der Waals surface area contributed by atoms with Crippen LogP contribution < -0.4 is 0 Å². The molecular weight excluding hydrogens is 224 g/mol. The van der Waals surface area contributed by atoms with Crippen molar-refractivity contribution in [2.24, 2.45) is 5.92 Å². The van der Waals surface area contributed by atoms with E-state index in [1.807, 2.05) is 0 Å². The molecule has 0 aromatic heterocycles. The fourth-order valence-electron chi connectivity index (χ4n) is 2.06. The van der Waals surface area contributed by atoms with Gasteiger partial charge in [0.25, 0.3) is 0 Å². The first-order chi connectivity index (χ1) is 8.08. The SMILES string of the molecule is CCCCOC(C)(C)C(C)CC(C)OC(C)(C)C. The van der Waals surface area contributed by atoms with Gasteiger partial charge in [-0.1, -0.05) is 20.3 Å². The van der Waals surface area contributed by atoms with E-state index in [-0.39, 0.29) is 17.3 Å². The third-order valence-corrected chi connectivity index (χ3v) is 3.40. The molecule has 0 amide bonds. The van der Waals surface area contributed by atoms with Crippen LogP contribution in [-0.4, -0.2) is 23.9 Å². The summed E-state index contributed by atoms with van der Waals surface area (Å²) in [6.07, 6.45) is 3.64. The van der Waals surface area contributed by atoms with Crippen molar-refractivity contribution >= 4 is 0 Å². The molecule has 2 nitrogen and oxygen atoms in total. The van der Waals surface area contributed by atoms with Crippen molar-refractivity contribution < 1.29 is 9.47 Å². The van der Waals surface area contributed by atoms with Crippen LogP contribution in [0.25, 0.3) is 0 Å². The Morgan fingerprint density at radius 3 is 2.00 bits per heavy atom. The van der Waals surface area contributed by atoms with Crippen molar-refractivity contribution in [1.29, 1.82) is 0 Å². The lowest BCUT2D eigenvalue weighted by molar-refractivity contribution is -0.0960. The Bertz CT molecular complexity index is 216. The van der Waals surface area contributed by atoms with E-state index in [9.17, 15) is 0 Å². The largest absolute Gasteiger partial charge is 0.375 e. The fraction of sp³-hybridized carbons (Fsp3) is 1.00. The van der Waals surface area contributed by atoms with Crippen LogP contribution in [0.3, 0.4) is 0 Å². The first-order valence-corrected chi connectivity index (χ1v) is 7.40. The summed E-state index contributed by atoms with van der Waals surface area (Å²) in [4.78, 5) is 0. The van der Waals surface area contributed by atoms with Crippen molar-refractivity contribution in [2.45, 2.75) is 92.0 Å². The first-order valence-electron chi connectivity index (χ1n) is 7.40. The van der Waals surface area contributed by atoms with E-state index in [0.29, 0.717) is 5.92 Å². The van der Waals surface area contributed by atoms with Gasteiger partial charge in [0, 0.05) is 6.61 Å². The molecule has 2 unspecified atom stereocenters. The van der Waals surface area contributed by atoms with Crippen LogP contribution in [0.4, 0.5) is 0 Å². The summed E-state index contributed by atoms with van der Waals surface area (Å²) in [7, 11) is 0. The van der Waals surface area contributed by atoms with Gasteiger partial charge >= 0.3 is 0 Å². The summed E-state index contributed by atoms with van der Waals surface area (Å²) in [5.74, 6) is 0.492. The van der Waals surface area contributed by atoms with Crippen LogP contribution in [0, 0.1) is 5.92 Å². The highest BCUT2D eigenvalue weighted by Crippen LogP contribution is 2.27. The first kappa shape index (κ1) is 17.9. The summed E-state index contributed by atoms with van der Waals surface area (Å²) in [6.45, 7) is 18.2. The molecule has 2 atom stereocenters. The topological polar surface area (TPSA) is 18.5 Å². The van der Waals surface area contributed by atoms with Crippen molar-refractivity contribution in [2.75, 3.05) is 6.61 Å². The quantitative estimate of drug-likeness (QED) is 0.582. The van der Waals surface area contributed by atoms with E-state index < -0.39 is 0 Å². The fourth-order valence-corrected chi connectivity index (χ4v) is 2.06. The van der Waals surface area contributed by atoms with E-state index in [0.717, 1.165) is 19.4 Å². The minimum absolute atomic E-state index is 0.0631. The van der Waals surface area contributed by atoms with Crippen molar-refractivity contribution in [3.8, 4) is 0 Å². The van der Waals surface area contributed by atoms with Crippen molar-refractivity contribution in [1.82, 2.24) is 0 Å². The molecule has 0 radical (unpaired) electrons. The van der Waals surface area contributed by atoms with E-state index in [1.54, 1.807) is 0 Å². The average molecular weight is 258 g/mol. The molecule has 18 heavy (non-hydrogen) atoms. The number of rotatable bonds is 8. The minimum Gasteiger partial charge on any atom is -0.375 e. The standard InChI is InChI=1S/C16H34O2/c1-9-10-11-17-16(7,8)13(2)12-14(3)18-15(4,5)6/h13-14H,9-12H2,1-8H3. The molecule has 0 aliphatic heterocycles. The van der Waals surface area contributed by atoms with Crippen LogP contribution in [0.2, 0.25) is 0 Å². The van der Waals surface area contributed by atoms with Gasteiger partial charge in [-0.2, -0.15) is 0 Å². The van der Waals surface area contributed by atoms with E-state index in [4.69, 9.17) is 9.47 Å². The smallest absolute Gasteiger partial charge is 0.0652 e. The molecule has 0 saturated heterocycles. The highest BCUT2D eigenvalue weighted by atomic mass is 16.5. The van der Waals surface area contributed by atoms with Crippen molar-refractivity contribution in [3.63, 3.8) is 0 Å². The molecule has 0 bridgehead atoms. The molecule has 0 rings (SSSR count). The highest BCUT2D eigenvalue weighted by Gasteiger charge is 2.29. The number of hydrogen-bond acceptors (Lipinski definition) is 2. The Kier molecular flexibility index (Phi) is 7.46. The Hall–Kier alpha value is -0.0800. The molecule has 0 aromatic carbocycles. The summed E-state index contributed by atoms with van der Waals surface area (Å²) in [5, 5.41) is 0. The van der Waals surface area contributed by atoms with Gasteiger partial charge in [-0.25, -0.2) is 0 Å². The van der Waals surface area contributed by atoms with Gasteiger partial charge in [-0.15, -0.1) is 0 Å². The molecule has 0 N–H and O–H groups in total. The van der Waals surface area contributed by atoms with Gasteiger partial charge in [-0.05, 0) is 60.3 Å². The summed E-state index contributed by atoms with van der Waals surface area (Å²) < 4.78 is 12.0. The van der Waals surface area contributed by atoms with Gasteiger partial charge in [0.2, 0.25) is 0 Å². The summed E-state index contributed by atoms with van der Waals surface area (Å²) >= 11 is 0. The second-order valence-corrected chi connectivity index (χ2v) is 6.98. The van der Waals surface area contributed by atoms with Gasteiger partial charge in [-0.3, -0.25) is 0 Å². The zero-order valence-corrected chi connectivity index (χ0v) is 13.8. The molecule has 0 heterocycles. The second kappa shape index (κ2) is 7.49. The lowest BCUT2D eigenvalue weighted by Crippen LogP contribution is -2.36. The molecular formula is C16H34O2.